The van der Waals surface area contributed by atoms with Crippen molar-refractivity contribution in [3.8, 4) is 5.69 Å². The van der Waals surface area contributed by atoms with Crippen LogP contribution in [-0.2, 0) is 0 Å². The molecule has 2 aromatic carbocycles. The molecule has 2 heterocycles. The Morgan fingerprint density at radius 2 is 1.97 bits per heavy atom. The average molecular weight is 453 g/mol. The number of carbonyl (C=O) groups excluding carboxylic acids is 1. The Morgan fingerprint density at radius 3 is 2.71 bits per heavy atom. The van der Waals surface area contributed by atoms with E-state index in [1.807, 2.05) is 48.7 Å². The maximum absolute atomic E-state index is 12.5. The zero-order chi connectivity index (χ0) is 22.1. The van der Waals surface area contributed by atoms with Crippen LogP contribution in [0.1, 0.15) is 26.6 Å². The number of amides is 1. The Hall–Kier alpha value is -3.49. The first-order valence-corrected chi connectivity index (χ1v) is 10.5. The number of nitro benzene ring substituents is 1. The second-order valence-electron chi connectivity index (χ2n) is 6.90. The fraction of sp³-hybridized carbons (Fsp3) is 0.0909. The molecule has 0 unspecified atom stereocenters. The van der Waals surface area contributed by atoms with Crippen LogP contribution in [0.2, 0.25) is 5.02 Å². The summed E-state index contributed by atoms with van der Waals surface area (Å²) in [5.74, 6) is -0.375. The summed E-state index contributed by atoms with van der Waals surface area (Å²) < 4.78 is 2.83. The van der Waals surface area contributed by atoms with Gasteiger partial charge in [0, 0.05) is 39.2 Å². The summed E-state index contributed by atoms with van der Waals surface area (Å²) in [4.78, 5) is 23.4. The maximum atomic E-state index is 12.5. The molecule has 4 rings (SSSR count). The Labute approximate surface area is 186 Å². The fourth-order valence-electron chi connectivity index (χ4n) is 3.39. The van der Waals surface area contributed by atoms with Gasteiger partial charge in [0.05, 0.1) is 26.7 Å². The van der Waals surface area contributed by atoms with Gasteiger partial charge in [-0.1, -0.05) is 23.7 Å². The first-order valence-electron chi connectivity index (χ1n) is 9.30. The van der Waals surface area contributed by atoms with Crippen LogP contribution in [0.25, 0.3) is 15.8 Å². The molecule has 0 saturated carbocycles. The van der Waals surface area contributed by atoms with Crippen LogP contribution in [0, 0.1) is 24.0 Å². The molecule has 1 amide bonds. The van der Waals surface area contributed by atoms with Crippen molar-refractivity contribution in [2.45, 2.75) is 13.8 Å². The van der Waals surface area contributed by atoms with Crippen molar-refractivity contribution in [1.82, 2.24) is 9.99 Å². The van der Waals surface area contributed by atoms with Gasteiger partial charge < -0.3 is 4.57 Å². The largest absolute Gasteiger partial charge is 0.316 e. The van der Waals surface area contributed by atoms with Crippen molar-refractivity contribution < 1.29 is 9.72 Å². The van der Waals surface area contributed by atoms with Crippen LogP contribution < -0.4 is 5.43 Å². The molecule has 0 bridgehead atoms. The number of hydrogen-bond donors (Lipinski definition) is 1. The van der Waals surface area contributed by atoms with Crippen molar-refractivity contribution >= 4 is 50.8 Å². The first-order chi connectivity index (χ1) is 14.8. The molecule has 9 heteroatoms. The van der Waals surface area contributed by atoms with Crippen molar-refractivity contribution in [2.24, 2.45) is 5.10 Å². The minimum atomic E-state index is -0.458. The normalized spacial score (nSPS) is 11.3. The SMILES string of the molecule is Cc1cc(C=NNC(=O)c2cc3cc([N+](=O)[O-])ccc3s2)c(C)n1-c1ccccc1Cl. The van der Waals surface area contributed by atoms with Gasteiger partial charge in [-0.3, -0.25) is 14.9 Å². The Balaban J connectivity index is 1.53. The molecule has 0 aliphatic heterocycles. The molecule has 1 N–H and O–H groups in total. The summed E-state index contributed by atoms with van der Waals surface area (Å²) in [6.45, 7) is 3.93. The summed E-state index contributed by atoms with van der Waals surface area (Å²) in [5.41, 5.74) is 6.18. The van der Waals surface area contributed by atoms with E-state index in [2.05, 4.69) is 10.5 Å². The van der Waals surface area contributed by atoms with E-state index in [0.717, 1.165) is 27.3 Å². The third-order valence-corrected chi connectivity index (χ3v) is 6.30. The molecule has 156 valence electrons. The standard InChI is InChI=1S/C22H17ClN4O3S/c1-13-9-16(14(2)26(13)19-6-4-3-5-18(19)23)12-24-25-22(28)21-11-15-10-17(27(29)30)7-8-20(15)31-21/h3-12H,1-2H3,(H,25,28). The highest BCUT2D eigenvalue weighted by Gasteiger charge is 2.14. The number of thiophene rings is 1. The number of nitrogens with zero attached hydrogens (tertiary/aromatic N) is 3. The molecule has 0 aliphatic rings. The number of aromatic nitrogens is 1. The highest BCUT2D eigenvalue weighted by atomic mass is 35.5. The number of halogens is 1. The summed E-state index contributed by atoms with van der Waals surface area (Å²) >= 11 is 7.59. The number of benzene rings is 2. The minimum absolute atomic E-state index is 0.0100. The molecule has 0 atom stereocenters. The van der Waals surface area contributed by atoms with Gasteiger partial charge in [0.15, 0.2) is 0 Å². The summed E-state index contributed by atoms with van der Waals surface area (Å²) in [6, 6.07) is 15.7. The van der Waals surface area contributed by atoms with Gasteiger partial charge in [0.25, 0.3) is 11.6 Å². The third kappa shape index (κ3) is 4.08. The molecule has 0 aliphatic carbocycles. The van der Waals surface area contributed by atoms with Crippen molar-refractivity contribution in [3.63, 3.8) is 0 Å². The van der Waals surface area contributed by atoms with Crippen LogP contribution >= 0.6 is 22.9 Å². The van der Waals surface area contributed by atoms with Gasteiger partial charge >= 0.3 is 0 Å². The molecule has 7 nitrogen and oxygen atoms in total. The predicted molar refractivity (Wildman–Crippen MR) is 124 cm³/mol. The number of fused-ring (bicyclic) bond motifs is 1. The first kappa shape index (κ1) is 20.8. The van der Waals surface area contributed by atoms with Gasteiger partial charge in [-0.25, -0.2) is 5.43 Å². The lowest BCUT2D eigenvalue weighted by atomic mass is 10.2. The average Bonchev–Trinajstić information content (AvgIpc) is 3.29. The second-order valence-corrected chi connectivity index (χ2v) is 8.39. The van der Waals surface area contributed by atoms with Gasteiger partial charge in [0.1, 0.15) is 0 Å². The van der Waals surface area contributed by atoms with Crippen LogP contribution in [0.15, 0.2) is 59.7 Å². The van der Waals surface area contributed by atoms with E-state index in [-0.39, 0.29) is 11.6 Å². The quantitative estimate of drug-likeness (QED) is 0.241. The zero-order valence-corrected chi connectivity index (χ0v) is 18.2. The molecule has 0 radical (unpaired) electrons. The Bertz CT molecular complexity index is 1360. The van der Waals surface area contributed by atoms with E-state index in [4.69, 9.17) is 11.6 Å². The Kier molecular flexibility index (Phi) is 5.58. The lowest BCUT2D eigenvalue weighted by molar-refractivity contribution is -0.384. The van der Waals surface area contributed by atoms with Crippen LogP contribution in [0.4, 0.5) is 5.69 Å². The van der Waals surface area contributed by atoms with Crippen LogP contribution in [-0.4, -0.2) is 21.6 Å². The Morgan fingerprint density at radius 1 is 1.19 bits per heavy atom. The molecule has 31 heavy (non-hydrogen) atoms. The van der Waals surface area contributed by atoms with Gasteiger partial charge in [0.2, 0.25) is 0 Å². The highest BCUT2D eigenvalue weighted by Crippen LogP contribution is 2.29. The van der Waals surface area contributed by atoms with Gasteiger partial charge in [-0.15, -0.1) is 11.3 Å². The maximum Gasteiger partial charge on any atom is 0.281 e. The molecule has 0 fully saturated rings. The number of carbonyl (C=O) groups is 1. The monoisotopic (exact) mass is 452 g/mol. The number of nitrogens with one attached hydrogen (secondary N) is 1. The molecule has 2 aromatic heterocycles. The lowest BCUT2D eigenvalue weighted by Crippen LogP contribution is -2.16. The number of hydrogen-bond acceptors (Lipinski definition) is 5. The molecular weight excluding hydrogens is 436 g/mol. The number of non-ortho nitro benzene ring substituents is 1. The number of nitro groups is 1. The topological polar surface area (TPSA) is 89.5 Å². The van der Waals surface area contributed by atoms with E-state index in [1.54, 1.807) is 18.3 Å². The lowest BCUT2D eigenvalue weighted by Gasteiger charge is -2.11. The molecule has 0 saturated heterocycles. The predicted octanol–water partition coefficient (Wildman–Crippen LogP) is 5.63. The third-order valence-electron chi connectivity index (χ3n) is 4.87. The fourth-order valence-corrected chi connectivity index (χ4v) is 4.55. The molecular formula is C22H17ClN4O3S. The number of rotatable bonds is 5. The number of para-hydroxylation sites is 1. The minimum Gasteiger partial charge on any atom is -0.316 e. The van der Waals surface area contributed by atoms with Gasteiger partial charge in [-0.2, -0.15) is 5.10 Å². The van der Waals surface area contributed by atoms with Gasteiger partial charge in [-0.05, 0) is 44.2 Å². The van der Waals surface area contributed by atoms with E-state index in [9.17, 15) is 14.9 Å². The van der Waals surface area contributed by atoms with Crippen molar-refractivity contribution in [1.29, 1.82) is 0 Å². The van der Waals surface area contributed by atoms with E-state index < -0.39 is 4.92 Å². The highest BCUT2D eigenvalue weighted by molar-refractivity contribution is 7.20. The summed E-state index contributed by atoms with van der Waals surface area (Å²) in [6.07, 6.45) is 1.59. The summed E-state index contributed by atoms with van der Waals surface area (Å²) in [5, 5.41) is 16.3. The van der Waals surface area contributed by atoms with Crippen LogP contribution in [0.3, 0.4) is 0 Å². The number of aryl methyl sites for hydroxylation is 1. The van der Waals surface area contributed by atoms with Crippen LogP contribution in [0.5, 0.6) is 0 Å². The zero-order valence-electron chi connectivity index (χ0n) is 16.6. The van der Waals surface area contributed by atoms with Crippen molar-refractivity contribution in [3.05, 3.63) is 91.6 Å². The van der Waals surface area contributed by atoms with E-state index in [1.165, 1.54) is 23.5 Å². The molecule has 0 spiro atoms. The summed E-state index contributed by atoms with van der Waals surface area (Å²) in [7, 11) is 0. The smallest absolute Gasteiger partial charge is 0.281 e. The molecule has 4 aromatic rings. The van der Waals surface area contributed by atoms with E-state index in [0.29, 0.717) is 15.3 Å². The second kappa shape index (κ2) is 8.33. The van der Waals surface area contributed by atoms with E-state index >= 15 is 0 Å². The van der Waals surface area contributed by atoms with Crippen molar-refractivity contribution in [2.75, 3.05) is 0 Å². The number of hydrazone groups is 1.